The standard InChI is InChI=1S/C11H15FN2/c1-8-4-5-9(7-14-8)11(12)10-3-2-6-13-10/h4-5,7,10-11,13H,2-3,6H2,1H3. The number of halogens is 1. The van der Waals surface area contributed by atoms with Gasteiger partial charge in [-0.15, -0.1) is 0 Å². The van der Waals surface area contributed by atoms with E-state index >= 15 is 0 Å². The molecule has 0 amide bonds. The summed E-state index contributed by atoms with van der Waals surface area (Å²) in [6, 6.07) is 3.67. The molecule has 1 N–H and O–H groups in total. The van der Waals surface area contributed by atoms with Gasteiger partial charge in [0.15, 0.2) is 0 Å². The molecular weight excluding hydrogens is 179 g/mol. The van der Waals surface area contributed by atoms with Crippen LogP contribution in [-0.4, -0.2) is 17.6 Å². The Hall–Kier alpha value is -0.960. The van der Waals surface area contributed by atoms with Crippen molar-refractivity contribution in [2.24, 2.45) is 0 Å². The Labute approximate surface area is 83.6 Å². The third kappa shape index (κ3) is 1.93. The van der Waals surface area contributed by atoms with Gasteiger partial charge < -0.3 is 5.32 Å². The van der Waals surface area contributed by atoms with Gasteiger partial charge in [-0.25, -0.2) is 4.39 Å². The molecule has 0 radical (unpaired) electrons. The van der Waals surface area contributed by atoms with Gasteiger partial charge in [-0.1, -0.05) is 6.07 Å². The number of pyridine rings is 1. The lowest BCUT2D eigenvalue weighted by Gasteiger charge is -2.15. The molecule has 0 aromatic carbocycles. The van der Waals surface area contributed by atoms with Crippen LogP contribution in [0.3, 0.4) is 0 Å². The highest BCUT2D eigenvalue weighted by Gasteiger charge is 2.25. The predicted molar refractivity (Wildman–Crippen MR) is 53.8 cm³/mol. The first-order valence-corrected chi connectivity index (χ1v) is 5.07. The highest BCUT2D eigenvalue weighted by molar-refractivity contribution is 5.17. The molecule has 2 heterocycles. The molecule has 1 fully saturated rings. The van der Waals surface area contributed by atoms with E-state index < -0.39 is 6.17 Å². The first-order valence-electron chi connectivity index (χ1n) is 5.07. The zero-order chi connectivity index (χ0) is 9.97. The van der Waals surface area contributed by atoms with E-state index in [1.807, 2.05) is 19.1 Å². The van der Waals surface area contributed by atoms with E-state index in [9.17, 15) is 4.39 Å². The summed E-state index contributed by atoms with van der Waals surface area (Å²) in [4.78, 5) is 4.10. The maximum atomic E-state index is 13.9. The number of rotatable bonds is 2. The normalized spacial score (nSPS) is 23.7. The van der Waals surface area contributed by atoms with Crippen molar-refractivity contribution in [3.8, 4) is 0 Å². The smallest absolute Gasteiger partial charge is 0.142 e. The van der Waals surface area contributed by atoms with Gasteiger partial charge in [-0.3, -0.25) is 4.98 Å². The van der Waals surface area contributed by atoms with Gasteiger partial charge in [0.2, 0.25) is 0 Å². The molecule has 1 aromatic heterocycles. The molecule has 2 atom stereocenters. The predicted octanol–water partition coefficient (Wildman–Crippen LogP) is 2.15. The summed E-state index contributed by atoms with van der Waals surface area (Å²) in [6.45, 7) is 2.84. The van der Waals surface area contributed by atoms with Gasteiger partial charge in [0.25, 0.3) is 0 Å². The molecule has 1 aliphatic rings. The lowest BCUT2D eigenvalue weighted by Crippen LogP contribution is -2.26. The summed E-state index contributed by atoms with van der Waals surface area (Å²) in [5.74, 6) is 0. The molecule has 2 nitrogen and oxygen atoms in total. The van der Waals surface area contributed by atoms with Crippen LogP contribution in [0.4, 0.5) is 4.39 Å². The van der Waals surface area contributed by atoms with Crippen molar-refractivity contribution in [3.05, 3.63) is 29.6 Å². The maximum absolute atomic E-state index is 13.9. The molecule has 0 spiro atoms. The van der Waals surface area contributed by atoms with Crippen LogP contribution in [0.2, 0.25) is 0 Å². The summed E-state index contributed by atoms with van der Waals surface area (Å²) in [6.07, 6.45) is 2.73. The largest absolute Gasteiger partial charge is 0.311 e. The van der Waals surface area contributed by atoms with Crippen molar-refractivity contribution in [2.75, 3.05) is 6.54 Å². The molecule has 2 rings (SSSR count). The third-order valence-electron chi connectivity index (χ3n) is 2.70. The minimum Gasteiger partial charge on any atom is -0.311 e. The molecule has 3 heteroatoms. The van der Waals surface area contributed by atoms with Gasteiger partial charge in [-0.05, 0) is 32.4 Å². The summed E-state index contributed by atoms with van der Waals surface area (Å²) in [7, 11) is 0. The van der Waals surface area contributed by atoms with Crippen LogP contribution in [0.5, 0.6) is 0 Å². The van der Waals surface area contributed by atoms with Gasteiger partial charge in [0, 0.05) is 23.5 Å². The third-order valence-corrected chi connectivity index (χ3v) is 2.70. The van der Waals surface area contributed by atoms with E-state index in [0.717, 1.165) is 25.1 Å². The minimum absolute atomic E-state index is 0.0143. The number of aromatic nitrogens is 1. The number of hydrogen-bond donors (Lipinski definition) is 1. The highest BCUT2D eigenvalue weighted by atomic mass is 19.1. The molecule has 1 aromatic rings. The fourth-order valence-electron chi connectivity index (χ4n) is 1.84. The van der Waals surface area contributed by atoms with Crippen LogP contribution < -0.4 is 5.32 Å². The fraction of sp³-hybridized carbons (Fsp3) is 0.545. The summed E-state index contributed by atoms with van der Waals surface area (Å²) in [5.41, 5.74) is 1.62. The molecule has 76 valence electrons. The number of nitrogens with zero attached hydrogens (tertiary/aromatic N) is 1. The summed E-state index contributed by atoms with van der Waals surface area (Å²) < 4.78 is 13.9. The van der Waals surface area contributed by atoms with Gasteiger partial charge >= 0.3 is 0 Å². The Bertz CT molecular complexity index is 291. The number of aryl methyl sites for hydroxylation is 1. The Morgan fingerprint density at radius 2 is 2.43 bits per heavy atom. The first-order chi connectivity index (χ1) is 6.77. The number of alkyl halides is 1. The maximum Gasteiger partial charge on any atom is 0.142 e. The lowest BCUT2D eigenvalue weighted by molar-refractivity contribution is 0.270. The van der Waals surface area contributed by atoms with Gasteiger partial charge in [0.05, 0.1) is 0 Å². The van der Waals surface area contributed by atoms with Crippen LogP contribution in [0, 0.1) is 6.92 Å². The van der Waals surface area contributed by atoms with Crippen LogP contribution in [-0.2, 0) is 0 Å². The van der Waals surface area contributed by atoms with E-state index in [4.69, 9.17) is 0 Å². The van der Waals surface area contributed by atoms with Crippen molar-refractivity contribution in [2.45, 2.75) is 32.0 Å². The Morgan fingerprint density at radius 1 is 1.57 bits per heavy atom. The summed E-state index contributed by atoms with van der Waals surface area (Å²) >= 11 is 0. The molecule has 0 bridgehead atoms. The molecular formula is C11H15FN2. The van der Waals surface area contributed by atoms with Crippen molar-refractivity contribution < 1.29 is 4.39 Å². The van der Waals surface area contributed by atoms with Crippen molar-refractivity contribution in [1.82, 2.24) is 10.3 Å². The SMILES string of the molecule is Cc1ccc(C(F)C2CCCN2)cn1. The zero-order valence-corrected chi connectivity index (χ0v) is 8.33. The summed E-state index contributed by atoms with van der Waals surface area (Å²) in [5, 5.41) is 3.17. The molecule has 0 saturated carbocycles. The second kappa shape index (κ2) is 4.05. The average Bonchev–Trinajstić information content (AvgIpc) is 2.71. The monoisotopic (exact) mass is 194 g/mol. The van der Waals surface area contributed by atoms with E-state index in [1.54, 1.807) is 6.20 Å². The molecule has 0 aliphatic carbocycles. The zero-order valence-electron chi connectivity index (χ0n) is 8.33. The van der Waals surface area contributed by atoms with Crippen LogP contribution >= 0.6 is 0 Å². The van der Waals surface area contributed by atoms with E-state index in [0.29, 0.717) is 5.56 Å². The number of nitrogens with one attached hydrogen (secondary N) is 1. The van der Waals surface area contributed by atoms with E-state index in [2.05, 4.69) is 10.3 Å². The Balaban J connectivity index is 2.09. The second-order valence-electron chi connectivity index (χ2n) is 3.84. The minimum atomic E-state index is -0.911. The van der Waals surface area contributed by atoms with Crippen LogP contribution in [0.1, 0.15) is 30.3 Å². The number of hydrogen-bond acceptors (Lipinski definition) is 2. The van der Waals surface area contributed by atoms with Crippen molar-refractivity contribution in [1.29, 1.82) is 0 Å². The van der Waals surface area contributed by atoms with E-state index in [1.165, 1.54) is 0 Å². The van der Waals surface area contributed by atoms with E-state index in [-0.39, 0.29) is 6.04 Å². The topological polar surface area (TPSA) is 24.9 Å². The average molecular weight is 194 g/mol. The van der Waals surface area contributed by atoms with Crippen molar-refractivity contribution >= 4 is 0 Å². The molecule has 1 saturated heterocycles. The quantitative estimate of drug-likeness (QED) is 0.780. The molecule has 14 heavy (non-hydrogen) atoms. The molecule has 1 aliphatic heterocycles. The first kappa shape index (κ1) is 9.59. The lowest BCUT2D eigenvalue weighted by atomic mass is 10.0. The van der Waals surface area contributed by atoms with Gasteiger partial charge in [0.1, 0.15) is 6.17 Å². The molecule has 2 unspecified atom stereocenters. The Kier molecular flexibility index (Phi) is 2.77. The van der Waals surface area contributed by atoms with Gasteiger partial charge in [-0.2, -0.15) is 0 Å². The Morgan fingerprint density at radius 3 is 3.00 bits per heavy atom. The fourth-order valence-corrected chi connectivity index (χ4v) is 1.84. The highest BCUT2D eigenvalue weighted by Crippen LogP contribution is 2.25. The van der Waals surface area contributed by atoms with Crippen molar-refractivity contribution in [3.63, 3.8) is 0 Å². The van der Waals surface area contributed by atoms with Crippen LogP contribution in [0.25, 0.3) is 0 Å². The second-order valence-corrected chi connectivity index (χ2v) is 3.84. The van der Waals surface area contributed by atoms with Crippen LogP contribution in [0.15, 0.2) is 18.3 Å².